The fraction of sp³-hybridized carbons (Fsp3) is 0.211. The van der Waals surface area contributed by atoms with Gasteiger partial charge in [0.2, 0.25) is 5.91 Å². The fourth-order valence-corrected chi connectivity index (χ4v) is 3.38. The van der Waals surface area contributed by atoms with Crippen molar-refractivity contribution in [1.82, 2.24) is 14.9 Å². The number of aromatic nitrogens is 2. The maximum atomic E-state index is 12.8. The maximum Gasteiger partial charge on any atom is 0.228 e. The van der Waals surface area contributed by atoms with E-state index in [1.165, 1.54) is 4.88 Å². The predicted octanol–water partition coefficient (Wildman–Crippen LogP) is 3.62. The summed E-state index contributed by atoms with van der Waals surface area (Å²) in [5, 5.41) is 0. The van der Waals surface area contributed by atoms with Crippen molar-refractivity contribution in [2.75, 3.05) is 0 Å². The second-order valence-electron chi connectivity index (χ2n) is 5.66. The number of carbonyl (C=O) groups is 1. The van der Waals surface area contributed by atoms with Crippen LogP contribution in [0, 0.1) is 6.92 Å². The van der Waals surface area contributed by atoms with E-state index in [0.29, 0.717) is 19.5 Å². The summed E-state index contributed by atoms with van der Waals surface area (Å²) in [6.07, 6.45) is 7.49. The van der Waals surface area contributed by atoms with Crippen molar-refractivity contribution in [3.8, 4) is 0 Å². The molecule has 0 saturated carbocycles. The summed E-state index contributed by atoms with van der Waals surface area (Å²) >= 11 is 1.68. The van der Waals surface area contributed by atoms with Gasteiger partial charge in [0, 0.05) is 47.6 Å². The molecule has 0 unspecified atom stereocenters. The molecular weight excluding hydrogens is 318 g/mol. The molecule has 5 heteroatoms. The molecule has 0 N–H and O–H groups in total. The normalized spacial score (nSPS) is 10.5. The summed E-state index contributed by atoms with van der Waals surface area (Å²) in [6, 6.07) is 11.9. The number of thiophene rings is 1. The molecular formula is C19H19N3OS. The van der Waals surface area contributed by atoms with E-state index in [4.69, 9.17) is 0 Å². The van der Waals surface area contributed by atoms with Gasteiger partial charge in [-0.15, -0.1) is 11.3 Å². The average molecular weight is 337 g/mol. The monoisotopic (exact) mass is 337 g/mol. The topological polar surface area (TPSA) is 46.1 Å². The molecule has 3 rings (SSSR count). The third-order valence-corrected chi connectivity index (χ3v) is 4.69. The number of aryl methyl sites for hydroxylation is 1. The standard InChI is InChI=1S/C19H19N3OS/c1-15-4-5-18(24-15)11-19(23)22(13-16-6-9-20-10-7-16)14-17-3-2-8-21-12-17/h2-10,12H,11,13-14H2,1H3. The van der Waals surface area contributed by atoms with Gasteiger partial charge >= 0.3 is 0 Å². The van der Waals surface area contributed by atoms with E-state index in [-0.39, 0.29) is 5.91 Å². The minimum atomic E-state index is 0.123. The third-order valence-electron chi connectivity index (χ3n) is 3.69. The minimum absolute atomic E-state index is 0.123. The lowest BCUT2D eigenvalue weighted by Gasteiger charge is -2.23. The Balaban J connectivity index is 1.76. The second kappa shape index (κ2) is 7.84. The molecule has 0 saturated heterocycles. The van der Waals surface area contributed by atoms with Gasteiger partial charge in [0.25, 0.3) is 0 Å². The van der Waals surface area contributed by atoms with Crippen molar-refractivity contribution in [1.29, 1.82) is 0 Å². The van der Waals surface area contributed by atoms with Crippen molar-refractivity contribution < 1.29 is 4.79 Å². The highest BCUT2D eigenvalue weighted by Crippen LogP contribution is 2.18. The molecule has 3 heterocycles. The van der Waals surface area contributed by atoms with Gasteiger partial charge in [-0.1, -0.05) is 6.07 Å². The Labute approximate surface area is 145 Å². The molecule has 122 valence electrons. The molecule has 0 fully saturated rings. The number of carbonyl (C=O) groups excluding carboxylic acids is 1. The molecule has 3 aromatic rings. The van der Waals surface area contributed by atoms with Crippen molar-refractivity contribution in [3.63, 3.8) is 0 Å². The smallest absolute Gasteiger partial charge is 0.228 e. The van der Waals surface area contributed by atoms with E-state index in [2.05, 4.69) is 23.0 Å². The van der Waals surface area contributed by atoms with Crippen molar-refractivity contribution in [3.05, 3.63) is 82.1 Å². The Bertz CT molecular complexity index is 745. The van der Waals surface area contributed by atoms with E-state index in [1.807, 2.05) is 41.4 Å². The van der Waals surface area contributed by atoms with E-state index < -0.39 is 0 Å². The number of nitrogens with zero attached hydrogens (tertiary/aromatic N) is 3. The van der Waals surface area contributed by atoms with Crippen LogP contribution in [0.4, 0.5) is 0 Å². The van der Waals surface area contributed by atoms with Crippen molar-refractivity contribution in [2.45, 2.75) is 26.4 Å². The first-order valence-corrected chi connectivity index (χ1v) is 8.63. The van der Waals surface area contributed by atoms with Gasteiger partial charge in [-0.2, -0.15) is 0 Å². The highest BCUT2D eigenvalue weighted by atomic mass is 32.1. The second-order valence-corrected chi connectivity index (χ2v) is 7.03. The highest BCUT2D eigenvalue weighted by Gasteiger charge is 2.16. The van der Waals surface area contributed by atoms with Crippen molar-refractivity contribution >= 4 is 17.2 Å². The zero-order chi connectivity index (χ0) is 16.8. The van der Waals surface area contributed by atoms with Crippen molar-refractivity contribution in [2.24, 2.45) is 0 Å². The quantitative estimate of drug-likeness (QED) is 0.690. The largest absolute Gasteiger partial charge is 0.334 e. The van der Waals surface area contributed by atoms with Gasteiger partial charge in [-0.05, 0) is 48.4 Å². The van der Waals surface area contributed by atoms with Crippen LogP contribution < -0.4 is 0 Å². The summed E-state index contributed by atoms with van der Waals surface area (Å²) < 4.78 is 0. The number of hydrogen-bond donors (Lipinski definition) is 0. The molecule has 0 spiro atoms. The SMILES string of the molecule is Cc1ccc(CC(=O)N(Cc2ccncc2)Cc2cccnc2)s1. The maximum absolute atomic E-state index is 12.8. The van der Waals surface area contributed by atoms with Crippen LogP contribution in [0.2, 0.25) is 0 Å². The van der Waals surface area contributed by atoms with Crippen LogP contribution in [0.25, 0.3) is 0 Å². The molecule has 0 bridgehead atoms. The van der Waals surface area contributed by atoms with Crippen LogP contribution in [0.3, 0.4) is 0 Å². The third kappa shape index (κ3) is 4.49. The van der Waals surface area contributed by atoms with Gasteiger partial charge in [-0.25, -0.2) is 0 Å². The summed E-state index contributed by atoms with van der Waals surface area (Å²) in [7, 11) is 0. The summed E-state index contributed by atoms with van der Waals surface area (Å²) in [5.41, 5.74) is 2.10. The lowest BCUT2D eigenvalue weighted by molar-refractivity contribution is -0.131. The van der Waals surface area contributed by atoms with Gasteiger partial charge in [-0.3, -0.25) is 14.8 Å². The molecule has 1 amide bonds. The minimum Gasteiger partial charge on any atom is -0.334 e. The highest BCUT2D eigenvalue weighted by molar-refractivity contribution is 7.12. The molecule has 0 aliphatic rings. The Morgan fingerprint density at radius 3 is 2.46 bits per heavy atom. The van der Waals surface area contributed by atoms with Gasteiger partial charge in [0.05, 0.1) is 6.42 Å². The molecule has 3 aromatic heterocycles. The zero-order valence-electron chi connectivity index (χ0n) is 13.6. The number of hydrogen-bond acceptors (Lipinski definition) is 4. The Morgan fingerprint density at radius 1 is 1.00 bits per heavy atom. The van der Waals surface area contributed by atoms with Crippen LogP contribution in [0.1, 0.15) is 20.9 Å². The van der Waals surface area contributed by atoms with Gasteiger partial charge in [0.15, 0.2) is 0 Å². The number of pyridine rings is 2. The molecule has 0 radical (unpaired) electrons. The first-order valence-electron chi connectivity index (χ1n) is 7.81. The molecule has 0 aliphatic carbocycles. The fourth-order valence-electron chi connectivity index (χ4n) is 2.49. The van der Waals surface area contributed by atoms with Crippen LogP contribution in [-0.4, -0.2) is 20.8 Å². The molecule has 0 atom stereocenters. The Morgan fingerprint density at radius 2 is 1.79 bits per heavy atom. The van der Waals surface area contributed by atoms with Crippen LogP contribution >= 0.6 is 11.3 Å². The first-order chi connectivity index (χ1) is 11.7. The number of amides is 1. The number of rotatable bonds is 6. The van der Waals surface area contributed by atoms with E-state index >= 15 is 0 Å². The predicted molar refractivity (Wildman–Crippen MR) is 95.5 cm³/mol. The van der Waals surface area contributed by atoms with Gasteiger partial charge < -0.3 is 4.90 Å². The Hall–Kier alpha value is -2.53. The van der Waals surface area contributed by atoms with Crippen LogP contribution in [0.15, 0.2) is 61.2 Å². The van der Waals surface area contributed by atoms with E-state index in [0.717, 1.165) is 16.0 Å². The summed E-state index contributed by atoms with van der Waals surface area (Å²) in [5.74, 6) is 0.123. The van der Waals surface area contributed by atoms with Crippen LogP contribution in [0.5, 0.6) is 0 Å². The Kier molecular flexibility index (Phi) is 5.33. The van der Waals surface area contributed by atoms with E-state index in [1.54, 1.807) is 29.9 Å². The lowest BCUT2D eigenvalue weighted by Crippen LogP contribution is -2.31. The summed E-state index contributed by atoms with van der Waals surface area (Å²) in [6.45, 7) is 3.18. The van der Waals surface area contributed by atoms with Gasteiger partial charge in [0.1, 0.15) is 0 Å². The van der Waals surface area contributed by atoms with Crippen LogP contribution in [-0.2, 0) is 24.3 Å². The molecule has 4 nitrogen and oxygen atoms in total. The van der Waals surface area contributed by atoms with E-state index in [9.17, 15) is 4.79 Å². The lowest BCUT2D eigenvalue weighted by atomic mass is 10.2. The molecule has 0 aromatic carbocycles. The molecule has 24 heavy (non-hydrogen) atoms. The molecule has 0 aliphatic heterocycles. The summed E-state index contributed by atoms with van der Waals surface area (Å²) in [4.78, 5) is 25.2. The first kappa shape index (κ1) is 16.3. The zero-order valence-corrected chi connectivity index (χ0v) is 14.4. The average Bonchev–Trinajstić information content (AvgIpc) is 3.01.